The molecule has 8 heteroatoms. The summed E-state index contributed by atoms with van der Waals surface area (Å²) in [5.41, 5.74) is 1.75. The van der Waals surface area contributed by atoms with Gasteiger partial charge in [-0.15, -0.1) is 24.0 Å². The van der Waals surface area contributed by atoms with Crippen molar-refractivity contribution in [3.8, 4) is 0 Å². The molecule has 1 aliphatic heterocycles. The topological polar surface area (TPSA) is 48.9 Å². The molecular weight excluding hydrogens is 506 g/mol. The van der Waals surface area contributed by atoms with E-state index in [-0.39, 0.29) is 35.8 Å². The highest BCUT2D eigenvalue weighted by molar-refractivity contribution is 14.0. The highest BCUT2D eigenvalue weighted by Gasteiger charge is 2.23. The smallest absolute Gasteiger partial charge is 0.191 e. The fraction of sp³-hybridized carbons (Fsp3) is 0.381. The lowest BCUT2D eigenvalue weighted by Gasteiger charge is -2.35. The van der Waals surface area contributed by atoms with E-state index in [9.17, 15) is 4.39 Å². The van der Waals surface area contributed by atoms with E-state index in [0.29, 0.717) is 24.6 Å². The Kier molecular flexibility index (Phi) is 10.1. The molecule has 1 heterocycles. The summed E-state index contributed by atoms with van der Waals surface area (Å²) in [6.07, 6.45) is 0. The molecule has 0 aliphatic carbocycles. The van der Waals surface area contributed by atoms with Crippen molar-refractivity contribution in [2.24, 2.45) is 4.99 Å². The van der Waals surface area contributed by atoms with E-state index in [1.807, 2.05) is 24.3 Å². The minimum atomic E-state index is -0.226. The van der Waals surface area contributed by atoms with Gasteiger partial charge >= 0.3 is 0 Å². The summed E-state index contributed by atoms with van der Waals surface area (Å²) in [5, 5.41) is 7.26. The van der Waals surface area contributed by atoms with Crippen molar-refractivity contribution in [3.05, 3.63) is 70.5 Å². The van der Waals surface area contributed by atoms with E-state index in [0.717, 1.165) is 36.9 Å². The molecule has 0 radical (unpaired) electrons. The number of hydrogen-bond donors (Lipinski definition) is 2. The van der Waals surface area contributed by atoms with Gasteiger partial charge in [0, 0.05) is 43.8 Å². The van der Waals surface area contributed by atoms with Gasteiger partial charge in [-0.25, -0.2) is 4.39 Å². The van der Waals surface area contributed by atoms with Crippen molar-refractivity contribution < 1.29 is 9.13 Å². The zero-order valence-electron chi connectivity index (χ0n) is 16.4. The molecular formula is C21H27ClFIN4O. The van der Waals surface area contributed by atoms with Crippen LogP contribution in [0.2, 0.25) is 5.02 Å². The summed E-state index contributed by atoms with van der Waals surface area (Å²) >= 11 is 6.22. The van der Waals surface area contributed by atoms with Crippen LogP contribution in [0.5, 0.6) is 0 Å². The van der Waals surface area contributed by atoms with Crippen LogP contribution in [0, 0.1) is 5.82 Å². The fourth-order valence-electron chi connectivity index (χ4n) is 3.30. The molecule has 2 aromatic rings. The fourth-order valence-corrected chi connectivity index (χ4v) is 3.49. The molecule has 0 saturated carbocycles. The molecule has 0 spiro atoms. The van der Waals surface area contributed by atoms with Crippen LogP contribution < -0.4 is 10.6 Å². The molecule has 0 bridgehead atoms. The number of aliphatic imine (C=N–C) groups is 1. The Morgan fingerprint density at radius 2 is 1.93 bits per heavy atom. The van der Waals surface area contributed by atoms with Crippen LogP contribution in [-0.2, 0) is 11.3 Å². The van der Waals surface area contributed by atoms with Gasteiger partial charge in [-0.3, -0.25) is 9.89 Å². The number of rotatable bonds is 6. The van der Waals surface area contributed by atoms with Crippen molar-refractivity contribution in [2.75, 3.05) is 39.9 Å². The lowest BCUT2D eigenvalue weighted by atomic mass is 10.0. The van der Waals surface area contributed by atoms with Gasteiger partial charge in [0.2, 0.25) is 0 Å². The van der Waals surface area contributed by atoms with Crippen LogP contribution in [0.4, 0.5) is 4.39 Å². The van der Waals surface area contributed by atoms with Gasteiger partial charge in [-0.05, 0) is 23.8 Å². The summed E-state index contributed by atoms with van der Waals surface area (Å²) in [6, 6.07) is 14.8. The molecule has 5 nitrogen and oxygen atoms in total. The van der Waals surface area contributed by atoms with Gasteiger partial charge < -0.3 is 15.4 Å². The maximum absolute atomic E-state index is 13.8. The Hall–Kier alpha value is -1.42. The second-order valence-corrected chi connectivity index (χ2v) is 7.05. The van der Waals surface area contributed by atoms with E-state index < -0.39 is 0 Å². The first-order valence-electron chi connectivity index (χ1n) is 9.42. The molecule has 1 saturated heterocycles. The first-order chi connectivity index (χ1) is 13.7. The monoisotopic (exact) mass is 532 g/mol. The maximum Gasteiger partial charge on any atom is 0.191 e. The van der Waals surface area contributed by atoms with Crippen molar-refractivity contribution in [1.29, 1.82) is 0 Å². The van der Waals surface area contributed by atoms with Gasteiger partial charge in [-0.2, -0.15) is 0 Å². The quantitative estimate of drug-likeness (QED) is 0.337. The van der Waals surface area contributed by atoms with Crippen molar-refractivity contribution in [2.45, 2.75) is 12.6 Å². The average molecular weight is 533 g/mol. The van der Waals surface area contributed by atoms with Gasteiger partial charge in [0.25, 0.3) is 0 Å². The molecule has 3 rings (SSSR count). The minimum Gasteiger partial charge on any atom is -0.379 e. The molecule has 2 aromatic carbocycles. The lowest BCUT2D eigenvalue weighted by molar-refractivity contribution is 0.0170. The molecule has 158 valence electrons. The van der Waals surface area contributed by atoms with Gasteiger partial charge in [-0.1, -0.05) is 41.9 Å². The Morgan fingerprint density at radius 1 is 1.17 bits per heavy atom. The van der Waals surface area contributed by atoms with Gasteiger partial charge in [0.1, 0.15) is 5.82 Å². The third kappa shape index (κ3) is 7.09. The normalized spacial score (nSPS) is 16.0. The maximum atomic E-state index is 13.8. The first-order valence-corrected chi connectivity index (χ1v) is 9.80. The molecule has 1 aliphatic rings. The van der Waals surface area contributed by atoms with Crippen molar-refractivity contribution in [3.63, 3.8) is 0 Å². The summed E-state index contributed by atoms with van der Waals surface area (Å²) in [4.78, 5) is 6.65. The molecule has 0 amide bonds. The Morgan fingerprint density at radius 3 is 2.62 bits per heavy atom. The number of hydrogen-bond acceptors (Lipinski definition) is 3. The standard InChI is InChI=1S/C21H26ClFN4O.HI/c1-24-21(25-14-17-5-2-3-8-19(17)23)26-15-20(27-9-11-28-12-10-27)16-6-4-7-18(22)13-16;/h2-8,13,20H,9-12,14-15H2,1H3,(H2,24,25,26);1H. The number of guanidine groups is 1. The van der Waals surface area contributed by atoms with Crippen LogP contribution in [0.1, 0.15) is 17.2 Å². The number of nitrogens with one attached hydrogen (secondary N) is 2. The zero-order valence-corrected chi connectivity index (χ0v) is 19.5. The van der Waals surface area contributed by atoms with Gasteiger partial charge in [0.15, 0.2) is 5.96 Å². The zero-order chi connectivity index (χ0) is 19.8. The summed E-state index contributed by atoms with van der Waals surface area (Å²) in [7, 11) is 1.71. The summed E-state index contributed by atoms with van der Waals surface area (Å²) < 4.78 is 19.3. The van der Waals surface area contributed by atoms with Crippen LogP contribution in [0.15, 0.2) is 53.5 Å². The van der Waals surface area contributed by atoms with Crippen LogP contribution in [0.3, 0.4) is 0 Å². The minimum absolute atomic E-state index is 0. The SMILES string of the molecule is CN=C(NCc1ccccc1F)NCC(c1cccc(Cl)c1)N1CCOCC1.I. The number of halogens is 3. The second-order valence-electron chi connectivity index (χ2n) is 6.62. The highest BCUT2D eigenvalue weighted by atomic mass is 127. The Balaban J connectivity index is 0.00000300. The Labute approximate surface area is 193 Å². The number of benzene rings is 2. The summed E-state index contributed by atoms with van der Waals surface area (Å²) in [6.45, 7) is 4.18. The van der Waals surface area contributed by atoms with E-state index in [1.165, 1.54) is 6.07 Å². The molecule has 2 N–H and O–H groups in total. The predicted molar refractivity (Wildman–Crippen MR) is 127 cm³/mol. The third-order valence-electron chi connectivity index (χ3n) is 4.81. The van der Waals surface area contributed by atoms with E-state index in [2.05, 4.69) is 26.6 Å². The molecule has 1 atom stereocenters. The third-order valence-corrected chi connectivity index (χ3v) is 5.05. The van der Waals surface area contributed by atoms with Crippen LogP contribution in [-0.4, -0.2) is 50.8 Å². The van der Waals surface area contributed by atoms with E-state index in [1.54, 1.807) is 19.2 Å². The highest BCUT2D eigenvalue weighted by Crippen LogP contribution is 2.24. The number of nitrogens with zero attached hydrogens (tertiary/aromatic N) is 2. The largest absolute Gasteiger partial charge is 0.379 e. The molecule has 1 fully saturated rings. The number of ether oxygens (including phenoxy) is 1. The predicted octanol–water partition coefficient (Wildman–Crippen LogP) is 3.84. The van der Waals surface area contributed by atoms with Gasteiger partial charge in [0.05, 0.1) is 19.3 Å². The molecule has 29 heavy (non-hydrogen) atoms. The second kappa shape index (κ2) is 12.3. The Bertz CT molecular complexity index is 802. The lowest BCUT2D eigenvalue weighted by Crippen LogP contribution is -2.46. The van der Waals surface area contributed by atoms with Crippen molar-refractivity contribution in [1.82, 2.24) is 15.5 Å². The van der Waals surface area contributed by atoms with E-state index >= 15 is 0 Å². The van der Waals surface area contributed by atoms with E-state index in [4.69, 9.17) is 16.3 Å². The number of morpholine rings is 1. The first kappa shape index (κ1) is 23.9. The van der Waals surface area contributed by atoms with Crippen LogP contribution >= 0.6 is 35.6 Å². The average Bonchev–Trinajstić information content (AvgIpc) is 2.72. The molecule has 0 aromatic heterocycles. The van der Waals surface area contributed by atoms with Crippen LogP contribution in [0.25, 0.3) is 0 Å². The molecule has 1 unspecified atom stereocenters. The van der Waals surface area contributed by atoms with Crippen molar-refractivity contribution >= 4 is 41.5 Å². The summed E-state index contributed by atoms with van der Waals surface area (Å²) in [5.74, 6) is 0.402.